The zero-order valence-electron chi connectivity index (χ0n) is 4.83. The smallest absolute Gasteiger partial charge is 0.244 e. The minimum Gasteiger partial charge on any atom is -0.337 e. The Morgan fingerprint density at radius 1 is 1.88 bits per heavy atom. The van der Waals surface area contributed by atoms with Crippen LogP contribution in [0.15, 0.2) is 0 Å². The molecule has 0 bridgehead atoms. The average Bonchev–Trinajstić information content (AvgIpc) is 1.67. The maximum atomic E-state index is 8.99. The Morgan fingerprint density at radius 3 is 2.50 bits per heavy atom. The second-order valence-electron chi connectivity index (χ2n) is 1.07. The van der Waals surface area contributed by atoms with Gasteiger partial charge in [-0.1, -0.05) is 18.3 Å². The number of rotatable bonds is 3. The second kappa shape index (κ2) is 3.85. The van der Waals surface area contributed by atoms with Crippen LogP contribution in [0.2, 0.25) is 0 Å². The number of hydrogen-bond donors (Lipinski definition) is 1. The summed E-state index contributed by atoms with van der Waals surface area (Å²) in [6, 6.07) is 0. The zero-order valence-corrected chi connectivity index (χ0v) is 7.35. The van der Waals surface area contributed by atoms with Gasteiger partial charge in [-0.2, -0.15) is 0 Å². The van der Waals surface area contributed by atoms with Crippen LogP contribution in [0, 0.1) is 0 Å². The van der Waals surface area contributed by atoms with Crippen molar-refractivity contribution in [2.75, 3.05) is 12.9 Å². The fourth-order valence-electron chi connectivity index (χ4n) is 0.216. The van der Waals surface area contributed by atoms with E-state index in [0.29, 0.717) is 0 Å². The molecule has 0 aromatic heterocycles. The van der Waals surface area contributed by atoms with Crippen molar-refractivity contribution in [3.8, 4) is 0 Å². The van der Waals surface area contributed by atoms with Gasteiger partial charge in [0.05, 0.1) is 0 Å². The molecule has 0 fully saturated rings. The van der Waals surface area contributed by atoms with Gasteiger partial charge in [0.1, 0.15) is 0 Å². The van der Waals surface area contributed by atoms with E-state index in [1.54, 1.807) is 0 Å². The molecule has 0 aliphatic heterocycles. The summed E-state index contributed by atoms with van der Waals surface area (Å²) in [5.74, 6) is 0.807. The van der Waals surface area contributed by atoms with Crippen LogP contribution in [0.3, 0.4) is 0 Å². The highest BCUT2D eigenvalue weighted by Gasteiger charge is 2.08. The Balaban J connectivity index is 3.55. The third kappa shape index (κ3) is 3.87. The quantitative estimate of drug-likeness (QED) is 0.655. The normalized spacial score (nSPS) is 17.9. The lowest BCUT2D eigenvalue weighted by Gasteiger charge is -2.08. The highest BCUT2D eigenvalue weighted by molar-refractivity contribution is 8.67. The fraction of sp³-hybridized carbons (Fsp3) is 1.00. The van der Waals surface area contributed by atoms with E-state index in [9.17, 15) is 0 Å². The largest absolute Gasteiger partial charge is 0.337 e. The highest BCUT2D eigenvalue weighted by atomic mass is 32.9. The third-order valence-corrected chi connectivity index (χ3v) is 5.17. The second-order valence-corrected chi connectivity index (χ2v) is 7.64. The summed E-state index contributed by atoms with van der Waals surface area (Å²) in [5.41, 5.74) is -2.42. The molecule has 0 aromatic rings. The van der Waals surface area contributed by atoms with Gasteiger partial charge in [-0.05, 0) is 17.6 Å². The molecule has 0 rings (SSSR count). The predicted molar refractivity (Wildman–Crippen MR) is 41.6 cm³/mol. The topological polar surface area (TPSA) is 29.5 Å². The summed E-state index contributed by atoms with van der Waals surface area (Å²) >= 11 is 5.94. The van der Waals surface area contributed by atoms with E-state index in [4.69, 9.17) is 4.89 Å². The lowest BCUT2D eigenvalue weighted by molar-refractivity contribution is 0.404. The predicted octanol–water partition coefficient (Wildman–Crippen LogP) is 1.60. The average molecular weight is 172 g/mol. The maximum Gasteiger partial charge on any atom is 0.244 e. The Hall–Kier alpha value is 0.920. The molecule has 8 heavy (non-hydrogen) atoms. The van der Waals surface area contributed by atoms with Crippen molar-refractivity contribution in [1.82, 2.24) is 0 Å². The van der Waals surface area contributed by atoms with Crippen LogP contribution in [-0.4, -0.2) is 17.8 Å². The SMILES string of the molecule is CCSP(O)(=S)OC. The Labute approximate surface area is 58.5 Å². The summed E-state index contributed by atoms with van der Waals surface area (Å²) in [6.07, 6.45) is 0. The molecule has 50 valence electrons. The first kappa shape index (κ1) is 8.92. The third-order valence-electron chi connectivity index (χ3n) is 0.523. The summed E-state index contributed by atoms with van der Waals surface area (Å²) in [5, 5.41) is 0. The van der Waals surface area contributed by atoms with Crippen molar-refractivity contribution in [1.29, 1.82) is 0 Å². The van der Waals surface area contributed by atoms with Crippen LogP contribution >= 0.6 is 17.1 Å². The monoisotopic (exact) mass is 172 g/mol. The Kier molecular flexibility index (Phi) is 4.30. The summed E-state index contributed by atoms with van der Waals surface area (Å²) in [7, 11) is 1.43. The van der Waals surface area contributed by atoms with Crippen molar-refractivity contribution >= 4 is 28.9 Å². The standard InChI is InChI=1S/C3H9O2PS2/c1-3-8-6(4,7)5-2/h3H2,1-2H3,(H,4,7). The van der Waals surface area contributed by atoms with Crippen molar-refractivity contribution < 1.29 is 9.42 Å². The van der Waals surface area contributed by atoms with Gasteiger partial charge in [0.15, 0.2) is 0 Å². The molecular formula is C3H9O2PS2. The summed E-state index contributed by atoms with van der Waals surface area (Å²) < 4.78 is 4.62. The summed E-state index contributed by atoms with van der Waals surface area (Å²) in [4.78, 5) is 8.99. The molecule has 2 nitrogen and oxygen atoms in total. The van der Waals surface area contributed by atoms with Gasteiger partial charge in [-0.3, -0.25) is 0 Å². The minimum absolute atomic E-state index is 0.807. The molecule has 0 radical (unpaired) electrons. The van der Waals surface area contributed by atoms with E-state index in [1.165, 1.54) is 18.5 Å². The molecule has 0 saturated carbocycles. The van der Waals surface area contributed by atoms with Gasteiger partial charge >= 0.3 is 0 Å². The molecule has 1 N–H and O–H groups in total. The molecule has 0 saturated heterocycles. The van der Waals surface area contributed by atoms with Crippen LogP contribution in [-0.2, 0) is 16.3 Å². The van der Waals surface area contributed by atoms with Gasteiger partial charge in [-0.25, -0.2) is 0 Å². The van der Waals surface area contributed by atoms with Crippen molar-refractivity contribution in [2.45, 2.75) is 6.92 Å². The van der Waals surface area contributed by atoms with E-state index < -0.39 is 5.69 Å². The molecule has 0 aliphatic rings. The van der Waals surface area contributed by atoms with Gasteiger partial charge in [-0.15, -0.1) is 0 Å². The van der Waals surface area contributed by atoms with Gasteiger partial charge in [0.2, 0.25) is 5.69 Å². The Morgan fingerprint density at radius 2 is 2.38 bits per heavy atom. The summed E-state index contributed by atoms with van der Waals surface area (Å²) in [6.45, 7) is 1.93. The van der Waals surface area contributed by atoms with Crippen LogP contribution < -0.4 is 0 Å². The first-order chi connectivity index (χ1) is 3.62. The minimum atomic E-state index is -2.42. The lowest BCUT2D eigenvalue weighted by atomic mass is 11.0. The first-order valence-corrected chi connectivity index (χ1v) is 6.42. The zero-order chi connectivity index (χ0) is 6.62. The van der Waals surface area contributed by atoms with E-state index in [0.717, 1.165) is 5.75 Å². The lowest BCUT2D eigenvalue weighted by Crippen LogP contribution is -1.76. The van der Waals surface area contributed by atoms with E-state index >= 15 is 0 Å². The van der Waals surface area contributed by atoms with E-state index in [1.807, 2.05) is 6.92 Å². The molecule has 1 unspecified atom stereocenters. The van der Waals surface area contributed by atoms with Gasteiger partial charge in [0.25, 0.3) is 0 Å². The van der Waals surface area contributed by atoms with Crippen molar-refractivity contribution in [3.63, 3.8) is 0 Å². The molecule has 0 aliphatic carbocycles. The highest BCUT2D eigenvalue weighted by Crippen LogP contribution is 2.54. The van der Waals surface area contributed by atoms with Gasteiger partial charge < -0.3 is 9.42 Å². The van der Waals surface area contributed by atoms with E-state index in [-0.39, 0.29) is 0 Å². The van der Waals surface area contributed by atoms with E-state index in [2.05, 4.69) is 16.3 Å². The molecule has 5 heteroatoms. The van der Waals surface area contributed by atoms with Crippen molar-refractivity contribution in [3.05, 3.63) is 0 Å². The van der Waals surface area contributed by atoms with Crippen LogP contribution in [0.4, 0.5) is 0 Å². The molecule has 0 amide bonds. The van der Waals surface area contributed by atoms with Crippen LogP contribution in [0.5, 0.6) is 0 Å². The molecule has 0 spiro atoms. The number of hydrogen-bond acceptors (Lipinski definition) is 3. The first-order valence-electron chi connectivity index (χ1n) is 2.15. The molecule has 0 aromatic carbocycles. The van der Waals surface area contributed by atoms with Gasteiger partial charge in [0, 0.05) is 7.11 Å². The molecule has 1 atom stereocenters. The fourth-order valence-corrected chi connectivity index (χ4v) is 2.89. The molecular weight excluding hydrogens is 163 g/mol. The molecule has 0 heterocycles. The van der Waals surface area contributed by atoms with Crippen LogP contribution in [0.1, 0.15) is 6.92 Å². The van der Waals surface area contributed by atoms with Crippen LogP contribution in [0.25, 0.3) is 0 Å². The van der Waals surface area contributed by atoms with Crippen molar-refractivity contribution in [2.24, 2.45) is 0 Å². The Bertz CT molecular complexity index is 105. The maximum absolute atomic E-state index is 8.99.